The molecule has 1 rings (SSSR count). The lowest BCUT2D eigenvalue weighted by Crippen LogP contribution is -2.25. The van der Waals surface area contributed by atoms with Crippen molar-refractivity contribution in [2.45, 2.75) is 26.2 Å². The van der Waals surface area contributed by atoms with E-state index in [2.05, 4.69) is 0 Å². The predicted molar refractivity (Wildman–Crippen MR) is 34.1 cm³/mol. The van der Waals surface area contributed by atoms with Crippen LogP contribution in [0.15, 0.2) is 0 Å². The molecule has 0 bridgehead atoms. The summed E-state index contributed by atoms with van der Waals surface area (Å²) in [5, 5.41) is 8.77. The second-order valence-electron chi connectivity index (χ2n) is 3.00. The van der Waals surface area contributed by atoms with Gasteiger partial charge in [-0.1, -0.05) is 6.92 Å². The molecule has 1 unspecified atom stereocenters. The first-order valence-electron chi connectivity index (χ1n) is 3.33. The van der Waals surface area contributed by atoms with Crippen LogP contribution >= 0.6 is 0 Å². The van der Waals surface area contributed by atoms with Gasteiger partial charge in [0.15, 0.2) is 0 Å². The Kier molecular flexibility index (Phi) is 1.58. The molecular formula is C7H12O2. The molecule has 1 N–H and O–H groups in total. The molecule has 1 saturated carbocycles. The van der Waals surface area contributed by atoms with Crippen molar-refractivity contribution < 1.29 is 9.90 Å². The molecule has 0 aromatic rings. The lowest BCUT2D eigenvalue weighted by Gasteiger charge is -2.16. The van der Waals surface area contributed by atoms with Gasteiger partial charge in [0.25, 0.3) is 0 Å². The van der Waals surface area contributed by atoms with Gasteiger partial charge in [0.05, 0.1) is 6.61 Å². The van der Waals surface area contributed by atoms with Crippen molar-refractivity contribution in [1.29, 1.82) is 0 Å². The summed E-state index contributed by atoms with van der Waals surface area (Å²) < 4.78 is 0. The summed E-state index contributed by atoms with van der Waals surface area (Å²) in [4.78, 5) is 11.0. The van der Waals surface area contributed by atoms with Crippen molar-refractivity contribution in [2.75, 3.05) is 6.61 Å². The molecule has 0 heterocycles. The van der Waals surface area contributed by atoms with E-state index in [1.807, 2.05) is 6.92 Å². The quantitative estimate of drug-likeness (QED) is 0.565. The number of aliphatic hydroxyl groups is 1. The number of ketones is 1. The summed E-state index contributed by atoms with van der Waals surface area (Å²) in [6.45, 7) is 1.86. The van der Waals surface area contributed by atoms with Crippen LogP contribution in [0, 0.1) is 5.41 Å². The third kappa shape index (κ3) is 0.990. The molecule has 2 nitrogen and oxygen atoms in total. The van der Waals surface area contributed by atoms with E-state index in [9.17, 15) is 4.79 Å². The highest BCUT2D eigenvalue weighted by Crippen LogP contribution is 2.33. The van der Waals surface area contributed by atoms with Crippen LogP contribution in [0.25, 0.3) is 0 Å². The molecule has 0 radical (unpaired) electrons. The van der Waals surface area contributed by atoms with Gasteiger partial charge in [0.2, 0.25) is 0 Å². The number of carbonyl (C=O) groups is 1. The van der Waals surface area contributed by atoms with Crippen LogP contribution in [-0.4, -0.2) is 17.5 Å². The second-order valence-corrected chi connectivity index (χ2v) is 3.00. The maximum absolute atomic E-state index is 11.0. The van der Waals surface area contributed by atoms with Gasteiger partial charge in [-0.2, -0.15) is 0 Å². The minimum atomic E-state index is -0.389. The highest BCUT2D eigenvalue weighted by Gasteiger charge is 2.36. The van der Waals surface area contributed by atoms with E-state index in [4.69, 9.17) is 5.11 Å². The number of aliphatic hydroxyl groups excluding tert-OH is 1. The Labute approximate surface area is 54.9 Å². The number of hydrogen-bond donors (Lipinski definition) is 1. The average molecular weight is 128 g/mol. The number of rotatable bonds is 1. The fourth-order valence-corrected chi connectivity index (χ4v) is 1.25. The molecule has 0 saturated heterocycles. The van der Waals surface area contributed by atoms with Crippen LogP contribution in [-0.2, 0) is 4.79 Å². The zero-order valence-electron chi connectivity index (χ0n) is 5.68. The zero-order valence-corrected chi connectivity index (χ0v) is 5.68. The molecule has 0 spiro atoms. The summed E-state index contributed by atoms with van der Waals surface area (Å²) >= 11 is 0. The van der Waals surface area contributed by atoms with Gasteiger partial charge < -0.3 is 5.11 Å². The SMILES string of the molecule is CC1(CO)CCCC1=O. The van der Waals surface area contributed by atoms with Crippen molar-refractivity contribution in [3.05, 3.63) is 0 Å². The Hall–Kier alpha value is -0.370. The van der Waals surface area contributed by atoms with Crippen molar-refractivity contribution in [3.63, 3.8) is 0 Å². The predicted octanol–water partition coefficient (Wildman–Crippen LogP) is 0.738. The first kappa shape index (κ1) is 6.75. The minimum Gasteiger partial charge on any atom is -0.395 e. The molecule has 1 aliphatic carbocycles. The van der Waals surface area contributed by atoms with Crippen molar-refractivity contribution in [2.24, 2.45) is 5.41 Å². The summed E-state index contributed by atoms with van der Waals surface area (Å²) in [6, 6.07) is 0. The van der Waals surface area contributed by atoms with Gasteiger partial charge in [-0.15, -0.1) is 0 Å². The fraction of sp³-hybridized carbons (Fsp3) is 0.857. The van der Waals surface area contributed by atoms with Crippen LogP contribution in [0.4, 0.5) is 0 Å². The smallest absolute Gasteiger partial charge is 0.141 e. The lowest BCUT2D eigenvalue weighted by molar-refractivity contribution is -0.126. The van der Waals surface area contributed by atoms with E-state index in [0.717, 1.165) is 12.8 Å². The van der Waals surface area contributed by atoms with Crippen molar-refractivity contribution in [1.82, 2.24) is 0 Å². The lowest BCUT2D eigenvalue weighted by atomic mass is 9.89. The van der Waals surface area contributed by atoms with E-state index in [0.29, 0.717) is 6.42 Å². The molecule has 0 aromatic heterocycles. The Bertz CT molecular complexity index is 131. The van der Waals surface area contributed by atoms with Crippen LogP contribution in [0.5, 0.6) is 0 Å². The van der Waals surface area contributed by atoms with E-state index in [1.54, 1.807) is 0 Å². The maximum Gasteiger partial charge on any atom is 0.141 e. The topological polar surface area (TPSA) is 37.3 Å². The van der Waals surface area contributed by atoms with Gasteiger partial charge in [-0.3, -0.25) is 4.79 Å². The van der Waals surface area contributed by atoms with E-state index < -0.39 is 0 Å². The number of Topliss-reactive ketones (excluding diaryl/α,β-unsaturated/α-hetero) is 1. The van der Waals surface area contributed by atoms with Gasteiger partial charge in [0.1, 0.15) is 5.78 Å². The second kappa shape index (κ2) is 2.10. The Balaban J connectivity index is 2.67. The van der Waals surface area contributed by atoms with Crippen LogP contribution in [0.3, 0.4) is 0 Å². The van der Waals surface area contributed by atoms with Crippen LogP contribution in [0.1, 0.15) is 26.2 Å². The van der Waals surface area contributed by atoms with Gasteiger partial charge in [0, 0.05) is 11.8 Å². The summed E-state index contributed by atoms with van der Waals surface area (Å²) in [7, 11) is 0. The first-order valence-corrected chi connectivity index (χ1v) is 3.33. The van der Waals surface area contributed by atoms with Crippen LogP contribution < -0.4 is 0 Å². The van der Waals surface area contributed by atoms with Crippen molar-refractivity contribution >= 4 is 5.78 Å². The highest BCUT2D eigenvalue weighted by atomic mass is 16.3. The van der Waals surface area contributed by atoms with Gasteiger partial charge in [-0.05, 0) is 12.8 Å². The standard InChI is InChI=1S/C7H12O2/c1-7(5-8)4-2-3-6(7)9/h8H,2-5H2,1H3. The molecular weight excluding hydrogens is 116 g/mol. The largest absolute Gasteiger partial charge is 0.395 e. The summed E-state index contributed by atoms with van der Waals surface area (Å²) in [6.07, 6.45) is 2.48. The zero-order chi connectivity index (χ0) is 6.91. The molecule has 2 heteroatoms. The van der Waals surface area contributed by atoms with E-state index >= 15 is 0 Å². The molecule has 0 aliphatic heterocycles. The van der Waals surface area contributed by atoms with E-state index in [1.165, 1.54) is 0 Å². The third-order valence-electron chi connectivity index (χ3n) is 2.15. The van der Waals surface area contributed by atoms with Crippen LogP contribution in [0.2, 0.25) is 0 Å². The fourth-order valence-electron chi connectivity index (χ4n) is 1.25. The molecule has 0 amide bonds. The van der Waals surface area contributed by atoms with E-state index in [-0.39, 0.29) is 17.8 Å². The monoisotopic (exact) mass is 128 g/mol. The normalized spacial score (nSPS) is 35.6. The number of carbonyl (C=O) groups excluding carboxylic acids is 1. The molecule has 52 valence electrons. The maximum atomic E-state index is 11.0. The number of hydrogen-bond acceptors (Lipinski definition) is 2. The third-order valence-corrected chi connectivity index (χ3v) is 2.15. The average Bonchev–Trinajstić information content (AvgIpc) is 2.15. The molecule has 1 aliphatic rings. The van der Waals surface area contributed by atoms with Gasteiger partial charge in [-0.25, -0.2) is 0 Å². The minimum absolute atomic E-state index is 0.0197. The molecule has 1 atom stereocenters. The Morgan fingerprint density at radius 1 is 1.78 bits per heavy atom. The Morgan fingerprint density at radius 3 is 2.67 bits per heavy atom. The summed E-state index contributed by atoms with van der Waals surface area (Å²) in [5.74, 6) is 0.227. The molecule has 0 aromatic carbocycles. The first-order chi connectivity index (χ1) is 4.19. The Morgan fingerprint density at radius 2 is 2.44 bits per heavy atom. The van der Waals surface area contributed by atoms with Crippen molar-refractivity contribution in [3.8, 4) is 0 Å². The molecule has 1 fully saturated rings. The van der Waals surface area contributed by atoms with Gasteiger partial charge >= 0.3 is 0 Å². The summed E-state index contributed by atoms with van der Waals surface area (Å²) in [5.41, 5.74) is -0.389. The highest BCUT2D eigenvalue weighted by molar-refractivity contribution is 5.86. The molecule has 9 heavy (non-hydrogen) atoms.